The SMILES string of the molecule is [N-]=[N+]=NCC1CC(=O)N(c2cc([N+](=O)[O-])c(Cl)cc2N)C1. The van der Waals surface area contributed by atoms with E-state index in [1.165, 1.54) is 17.0 Å². The molecule has 1 saturated heterocycles. The predicted octanol–water partition coefficient (Wildman–Crippen LogP) is 2.49. The number of benzene rings is 1. The van der Waals surface area contributed by atoms with Crippen LogP contribution in [-0.2, 0) is 4.79 Å². The number of nitrogens with zero attached hydrogens (tertiary/aromatic N) is 5. The lowest BCUT2D eigenvalue weighted by atomic mass is 10.1. The summed E-state index contributed by atoms with van der Waals surface area (Å²) in [6.07, 6.45) is 0.203. The van der Waals surface area contributed by atoms with Gasteiger partial charge in [-0.1, -0.05) is 16.7 Å². The molecule has 1 aromatic rings. The summed E-state index contributed by atoms with van der Waals surface area (Å²) < 4.78 is 0. The monoisotopic (exact) mass is 310 g/mol. The number of nitro groups is 1. The largest absolute Gasteiger partial charge is 0.397 e. The van der Waals surface area contributed by atoms with Gasteiger partial charge in [0.2, 0.25) is 5.91 Å². The van der Waals surface area contributed by atoms with E-state index < -0.39 is 4.92 Å². The van der Waals surface area contributed by atoms with E-state index in [1.54, 1.807) is 0 Å². The first-order valence-corrected chi connectivity index (χ1v) is 6.36. The maximum atomic E-state index is 12.0. The molecule has 0 aromatic heterocycles. The van der Waals surface area contributed by atoms with E-state index in [4.69, 9.17) is 22.9 Å². The lowest BCUT2D eigenvalue weighted by Crippen LogP contribution is -2.25. The highest BCUT2D eigenvalue weighted by Crippen LogP contribution is 2.37. The number of nitro benzene ring substituents is 1. The summed E-state index contributed by atoms with van der Waals surface area (Å²) in [4.78, 5) is 26.3. The average molecular weight is 311 g/mol. The Kier molecular flexibility index (Phi) is 4.15. The molecule has 21 heavy (non-hydrogen) atoms. The predicted molar refractivity (Wildman–Crippen MR) is 77.0 cm³/mol. The lowest BCUT2D eigenvalue weighted by Gasteiger charge is -2.18. The zero-order valence-electron chi connectivity index (χ0n) is 10.8. The van der Waals surface area contributed by atoms with Gasteiger partial charge in [-0.2, -0.15) is 0 Å². The van der Waals surface area contributed by atoms with E-state index in [-0.39, 0.29) is 46.9 Å². The Labute approximate surface area is 124 Å². The molecule has 0 saturated carbocycles. The van der Waals surface area contributed by atoms with E-state index in [9.17, 15) is 14.9 Å². The van der Waals surface area contributed by atoms with Crippen LogP contribution in [0.4, 0.5) is 17.1 Å². The van der Waals surface area contributed by atoms with E-state index in [0.717, 1.165) is 0 Å². The number of nitrogen functional groups attached to an aromatic ring is 1. The normalized spacial score (nSPS) is 17.7. The Morgan fingerprint density at radius 2 is 2.33 bits per heavy atom. The van der Waals surface area contributed by atoms with Gasteiger partial charge in [0, 0.05) is 30.5 Å². The van der Waals surface area contributed by atoms with Crippen molar-refractivity contribution in [3.8, 4) is 0 Å². The third-order valence-electron chi connectivity index (χ3n) is 3.19. The third kappa shape index (κ3) is 2.99. The molecule has 10 heteroatoms. The minimum atomic E-state index is -0.636. The molecule has 1 unspecified atom stereocenters. The van der Waals surface area contributed by atoms with Gasteiger partial charge in [-0.25, -0.2) is 0 Å². The molecule has 0 bridgehead atoms. The summed E-state index contributed by atoms with van der Waals surface area (Å²) in [5.41, 5.74) is 14.2. The van der Waals surface area contributed by atoms with Crippen LogP contribution in [0.25, 0.3) is 10.4 Å². The molecule has 1 aliphatic heterocycles. The number of anilines is 2. The van der Waals surface area contributed by atoms with Crippen LogP contribution in [0.3, 0.4) is 0 Å². The van der Waals surface area contributed by atoms with Crippen molar-refractivity contribution >= 4 is 34.6 Å². The van der Waals surface area contributed by atoms with Crippen molar-refractivity contribution in [2.75, 3.05) is 23.7 Å². The summed E-state index contributed by atoms with van der Waals surface area (Å²) in [5, 5.41) is 14.3. The van der Waals surface area contributed by atoms with Gasteiger partial charge in [-0.05, 0) is 17.5 Å². The number of hydrogen-bond donors (Lipinski definition) is 1. The number of hydrogen-bond acceptors (Lipinski definition) is 5. The van der Waals surface area contributed by atoms with Gasteiger partial charge >= 0.3 is 0 Å². The van der Waals surface area contributed by atoms with Crippen LogP contribution in [0.15, 0.2) is 17.2 Å². The number of rotatable bonds is 4. The van der Waals surface area contributed by atoms with Crippen LogP contribution in [0, 0.1) is 16.0 Å². The summed E-state index contributed by atoms with van der Waals surface area (Å²) >= 11 is 5.76. The molecule has 1 atom stereocenters. The number of nitrogens with two attached hydrogens (primary N) is 1. The molecule has 0 spiro atoms. The smallest absolute Gasteiger partial charge is 0.290 e. The molecular weight excluding hydrogens is 300 g/mol. The quantitative estimate of drug-likeness (QED) is 0.228. The fraction of sp³-hybridized carbons (Fsp3) is 0.364. The van der Waals surface area contributed by atoms with Crippen molar-refractivity contribution in [2.24, 2.45) is 11.0 Å². The Hall–Kier alpha value is -2.51. The molecule has 2 N–H and O–H groups in total. The number of carbonyl (C=O) groups excluding carboxylic acids is 1. The van der Waals surface area contributed by atoms with E-state index >= 15 is 0 Å². The van der Waals surface area contributed by atoms with Gasteiger partial charge in [0.25, 0.3) is 5.69 Å². The number of halogens is 1. The van der Waals surface area contributed by atoms with Crippen LogP contribution < -0.4 is 10.6 Å². The van der Waals surface area contributed by atoms with E-state index in [0.29, 0.717) is 6.54 Å². The zero-order valence-corrected chi connectivity index (χ0v) is 11.5. The molecule has 110 valence electrons. The first kappa shape index (κ1) is 14.9. The van der Waals surface area contributed by atoms with Gasteiger partial charge in [0.1, 0.15) is 5.02 Å². The van der Waals surface area contributed by atoms with Crippen molar-refractivity contribution in [1.82, 2.24) is 0 Å². The first-order chi connectivity index (χ1) is 9.93. The van der Waals surface area contributed by atoms with Crippen molar-refractivity contribution < 1.29 is 9.72 Å². The van der Waals surface area contributed by atoms with Crippen molar-refractivity contribution in [3.63, 3.8) is 0 Å². The van der Waals surface area contributed by atoms with Gasteiger partial charge in [-0.3, -0.25) is 14.9 Å². The number of amides is 1. The van der Waals surface area contributed by atoms with Crippen LogP contribution in [0.2, 0.25) is 5.02 Å². The second-order valence-electron chi connectivity index (χ2n) is 4.61. The summed E-state index contributed by atoms with van der Waals surface area (Å²) in [5.74, 6) is -0.362. The van der Waals surface area contributed by atoms with Crippen LogP contribution in [0.5, 0.6) is 0 Å². The van der Waals surface area contributed by atoms with Gasteiger partial charge in [-0.15, -0.1) is 0 Å². The molecular formula is C11H11ClN6O3. The average Bonchev–Trinajstić information content (AvgIpc) is 2.77. The standard InChI is InChI=1S/C11H11ClN6O3/c12-7-2-8(13)10(3-9(7)18(20)21)17-5-6(1-11(17)19)4-15-16-14/h2-3,6H,1,4-5,13H2. The number of carbonyl (C=O) groups is 1. The lowest BCUT2D eigenvalue weighted by molar-refractivity contribution is -0.384. The molecule has 0 aliphatic carbocycles. The summed E-state index contributed by atoms with van der Waals surface area (Å²) in [6, 6.07) is 2.44. The zero-order chi connectivity index (χ0) is 15.6. The second-order valence-corrected chi connectivity index (χ2v) is 5.01. The van der Waals surface area contributed by atoms with Crippen molar-refractivity contribution in [1.29, 1.82) is 0 Å². The molecule has 1 fully saturated rings. The minimum Gasteiger partial charge on any atom is -0.397 e. The van der Waals surface area contributed by atoms with Crippen LogP contribution in [-0.4, -0.2) is 23.9 Å². The Morgan fingerprint density at radius 3 is 2.95 bits per heavy atom. The maximum Gasteiger partial charge on any atom is 0.290 e. The Morgan fingerprint density at radius 1 is 1.62 bits per heavy atom. The van der Waals surface area contributed by atoms with Gasteiger partial charge in [0.15, 0.2) is 0 Å². The fourth-order valence-corrected chi connectivity index (χ4v) is 2.47. The van der Waals surface area contributed by atoms with Crippen LogP contribution >= 0.6 is 11.6 Å². The van der Waals surface area contributed by atoms with Gasteiger partial charge in [0.05, 0.1) is 16.3 Å². The van der Waals surface area contributed by atoms with Crippen molar-refractivity contribution in [3.05, 3.63) is 37.7 Å². The highest BCUT2D eigenvalue weighted by atomic mass is 35.5. The minimum absolute atomic E-state index is 0.0847. The second kappa shape index (κ2) is 5.86. The van der Waals surface area contributed by atoms with Crippen LogP contribution in [0.1, 0.15) is 6.42 Å². The Balaban J connectivity index is 2.33. The van der Waals surface area contributed by atoms with Gasteiger partial charge < -0.3 is 10.6 Å². The third-order valence-corrected chi connectivity index (χ3v) is 3.49. The topological polar surface area (TPSA) is 138 Å². The molecule has 0 radical (unpaired) electrons. The van der Waals surface area contributed by atoms with Crippen molar-refractivity contribution in [2.45, 2.75) is 6.42 Å². The molecule has 1 aliphatic rings. The summed E-state index contributed by atoms with van der Waals surface area (Å²) in [7, 11) is 0. The summed E-state index contributed by atoms with van der Waals surface area (Å²) in [6.45, 7) is 0.481. The maximum absolute atomic E-state index is 12.0. The van der Waals surface area contributed by atoms with E-state index in [2.05, 4.69) is 10.0 Å². The molecule has 1 aromatic carbocycles. The molecule has 2 rings (SSSR count). The first-order valence-electron chi connectivity index (χ1n) is 5.98. The molecule has 1 heterocycles. The van der Waals surface area contributed by atoms with E-state index in [1.807, 2.05) is 0 Å². The molecule has 1 amide bonds. The molecule has 9 nitrogen and oxygen atoms in total. The Bertz CT molecular complexity index is 658. The highest BCUT2D eigenvalue weighted by molar-refractivity contribution is 6.33. The fourth-order valence-electron chi connectivity index (χ4n) is 2.23. The highest BCUT2D eigenvalue weighted by Gasteiger charge is 2.32. The number of azide groups is 1.